The first-order valence-corrected chi connectivity index (χ1v) is 6.59. The van der Waals surface area contributed by atoms with Gasteiger partial charge in [0.1, 0.15) is 11.6 Å². The van der Waals surface area contributed by atoms with Crippen LogP contribution in [0.3, 0.4) is 0 Å². The van der Waals surface area contributed by atoms with Crippen LogP contribution in [0, 0.1) is 11.6 Å². The molecule has 0 amide bonds. The highest BCUT2D eigenvalue weighted by Crippen LogP contribution is 2.36. The van der Waals surface area contributed by atoms with Crippen LogP contribution in [-0.4, -0.2) is 12.2 Å². The monoisotopic (exact) mass is 272 g/mol. The zero-order valence-electron chi connectivity index (χ0n) is 11.7. The zero-order valence-corrected chi connectivity index (χ0v) is 11.7. The van der Waals surface area contributed by atoms with Crippen molar-refractivity contribution in [2.75, 3.05) is 6.61 Å². The Labute approximate surface area is 113 Å². The van der Waals surface area contributed by atoms with Gasteiger partial charge in [-0.15, -0.1) is 0 Å². The fraction of sp³-hybridized carbons (Fsp3) is 0.571. The predicted octanol–water partition coefficient (Wildman–Crippen LogP) is 3.06. The van der Waals surface area contributed by atoms with Crippen molar-refractivity contribution in [1.82, 2.24) is 5.43 Å². The molecule has 1 rings (SSSR count). The Hall–Kier alpha value is -1.04. The fourth-order valence-electron chi connectivity index (χ4n) is 2.49. The molecule has 5 heteroatoms. The summed E-state index contributed by atoms with van der Waals surface area (Å²) in [5.74, 6) is 4.59. The van der Waals surface area contributed by atoms with Crippen LogP contribution in [0.1, 0.15) is 45.2 Å². The number of halogens is 2. The molecule has 0 fully saturated rings. The molecule has 0 aliphatic heterocycles. The third-order valence-electron chi connectivity index (χ3n) is 3.59. The first-order valence-electron chi connectivity index (χ1n) is 6.59. The number of nitrogens with two attached hydrogens (primary N) is 1. The number of hydrogen-bond donors (Lipinski definition) is 2. The van der Waals surface area contributed by atoms with Gasteiger partial charge in [-0.1, -0.05) is 13.8 Å². The quantitative estimate of drug-likeness (QED) is 0.592. The molecule has 1 aromatic carbocycles. The third kappa shape index (κ3) is 3.29. The van der Waals surface area contributed by atoms with Gasteiger partial charge < -0.3 is 4.74 Å². The van der Waals surface area contributed by atoms with Crippen molar-refractivity contribution in [1.29, 1.82) is 0 Å². The summed E-state index contributed by atoms with van der Waals surface area (Å²) >= 11 is 0. The van der Waals surface area contributed by atoms with E-state index in [-0.39, 0.29) is 5.56 Å². The maximum absolute atomic E-state index is 13.9. The van der Waals surface area contributed by atoms with Gasteiger partial charge >= 0.3 is 0 Å². The first-order chi connectivity index (χ1) is 9.04. The second-order valence-electron chi connectivity index (χ2n) is 4.47. The average Bonchev–Trinajstić information content (AvgIpc) is 2.42. The van der Waals surface area contributed by atoms with Crippen LogP contribution >= 0.6 is 0 Å². The predicted molar refractivity (Wildman–Crippen MR) is 71.4 cm³/mol. The smallest absolute Gasteiger partial charge is 0.128 e. The van der Waals surface area contributed by atoms with Crippen molar-refractivity contribution in [2.24, 2.45) is 5.84 Å². The van der Waals surface area contributed by atoms with E-state index in [1.54, 1.807) is 0 Å². The van der Waals surface area contributed by atoms with Crippen molar-refractivity contribution in [3.05, 3.63) is 35.4 Å². The van der Waals surface area contributed by atoms with E-state index in [4.69, 9.17) is 10.6 Å². The minimum Gasteiger partial charge on any atom is -0.373 e. The summed E-state index contributed by atoms with van der Waals surface area (Å²) < 4.78 is 33.1. The number of rotatable bonds is 7. The van der Waals surface area contributed by atoms with Gasteiger partial charge in [-0.25, -0.2) is 14.2 Å². The molecule has 0 aliphatic carbocycles. The van der Waals surface area contributed by atoms with Crippen LogP contribution in [0.15, 0.2) is 18.2 Å². The molecule has 0 heterocycles. The highest BCUT2D eigenvalue weighted by Gasteiger charge is 2.38. The molecule has 0 radical (unpaired) electrons. The third-order valence-corrected chi connectivity index (χ3v) is 3.59. The minimum atomic E-state index is -0.655. The molecule has 3 nitrogen and oxygen atoms in total. The van der Waals surface area contributed by atoms with Gasteiger partial charge in [0.15, 0.2) is 0 Å². The number of benzene rings is 1. The van der Waals surface area contributed by atoms with E-state index in [2.05, 4.69) is 5.43 Å². The molecule has 0 aromatic heterocycles. The molecule has 0 aliphatic rings. The standard InChI is InChI=1S/C14H22F2N2O/c1-4-14(5-2,19-6-3)13(18-17)11-9-10(15)7-8-12(11)16/h7-9,13,18H,4-6,17H2,1-3H3. The molecule has 1 unspecified atom stereocenters. The first kappa shape index (κ1) is 16.0. The normalized spacial score (nSPS) is 13.6. The van der Waals surface area contributed by atoms with Crippen molar-refractivity contribution < 1.29 is 13.5 Å². The lowest BCUT2D eigenvalue weighted by atomic mass is 9.84. The van der Waals surface area contributed by atoms with Gasteiger partial charge in [-0.2, -0.15) is 0 Å². The Kier molecular flexibility index (Phi) is 5.85. The van der Waals surface area contributed by atoms with E-state index in [0.29, 0.717) is 19.4 Å². The van der Waals surface area contributed by atoms with Gasteiger partial charge in [-0.3, -0.25) is 5.84 Å². The minimum absolute atomic E-state index is 0.194. The van der Waals surface area contributed by atoms with Gasteiger partial charge in [0, 0.05) is 12.2 Å². The summed E-state index contributed by atoms with van der Waals surface area (Å²) in [6, 6.07) is 2.76. The summed E-state index contributed by atoms with van der Waals surface area (Å²) in [7, 11) is 0. The van der Waals surface area contributed by atoms with E-state index in [1.165, 1.54) is 6.07 Å². The molecule has 108 valence electrons. The molecule has 19 heavy (non-hydrogen) atoms. The lowest BCUT2D eigenvalue weighted by Gasteiger charge is -2.39. The molecule has 3 N–H and O–H groups in total. The summed E-state index contributed by atoms with van der Waals surface area (Å²) in [6.45, 7) is 6.24. The molecular weight excluding hydrogens is 250 g/mol. The molecule has 1 atom stereocenters. The number of ether oxygens (including phenoxy) is 1. The van der Waals surface area contributed by atoms with E-state index >= 15 is 0 Å². The lowest BCUT2D eigenvalue weighted by Crippen LogP contribution is -2.48. The zero-order chi connectivity index (χ0) is 14.5. The van der Waals surface area contributed by atoms with Crippen molar-refractivity contribution in [3.63, 3.8) is 0 Å². The van der Waals surface area contributed by atoms with Gasteiger partial charge in [0.2, 0.25) is 0 Å². The maximum atomic E-state index is 13.9. The largest absolute Gasteiger partial charge is 0.373 e. The maximum Gasteiger partial charge on any atom is 0.128 e. The Balaban J connectivity index is 3.26. The highest BCUT2D eigenvalue weighted by molar-refractivity contribution is 5.25. The number of nitrogens with one attached hydrogen (secondary N) is 1. The van der Waals surface area contributed by atoms with Gasteiger partial charge in [0.25, 0.3) is 0 Å². The SMILES string of the molecule is CCOC(CC)(CC)C(NN)c1cc(F)ccc1F. The summed E-state index contributed by atoms with van der Waals surface area (Å²) in [6.07, 6.45) is 1.28. The molecule has 1 aromatic rings. The van der Waals surface area contributed by atoms with Crippen LogP contribution in [0.4, 0.5) is 8.78 Å². The Morgan fingerprint density at radius 3 is 2.37 bits per heavy atom. The van der Waals surface area contributed by atoms with Crippen molar-refractivity contribution >= 4 is 0 Å². The van der Waals surface area contributed by atoms with Crippen LogP contribution < -0.4 is 11.3 Å². The summed E-state index contributed by atoms with van der Waals surface area (Å²) in [5, 5.41) is 0. The summed E-state index contributed by atoms with van der Waals surface area (Å²) in [5.41, 5.74) is 2.12. The van der Waals surface area contributed by atoms with Crippen LogP contribution in [0.2, 0.25) is 0 Å². The second kappa shape index (κ2) is 6.93. The number of hydrogen-bond acceptors (Lipinski definition) is 3. The highest BCUT2D eigenvalue weighted by atomic mass is 19.1. The number of hydrazine groups is 1. The molecule has 0 spiro atoms. The molecule has 0 saturated heterocycles. The molecule has 0 saturated carbocycles. The Morgan fingerprint density at radius 2 is 1.89 bits per heavy atom. The van der Waals surface area contributed by atoms with Gasteiger partial charge in [-0.05, 0) is 38.0 Å². The fourth-order valence-corrected chi connectivity index (χ4v) is 2.49. The second-order valence-corrected chi connectivity index (χ2v) is 4.47. The molecule has 0 bridgehead atoms. The van der Waals surface area contributed by atoms with Crippen LogP contribution in [-0.2, 0) is 4.74 Å². The van der Waals surface area contributed by atoms with Crippen LogP contribution in [0.5, 0.6) is 0 Å². The van der Waals surface area contributed by atoms with E-state index in [1.807, 2.05) is 20.8 Å². The topological polar surface area (TPSA) is 47.3 Å². The van der Waals surface area contributed by atoms with E-state index in [0.717, 1.165) is 12.1 Å². The summed E-state index contributed by atoms with van der Waals surface area (Å²) in [4.78, 5) is 0. The lowest BCUT2D eigenvalue weighted by molar-refractivity contribution is -0.0741. The Bertz CT molecular complexity index is 408. The Morgan fingerprint density at radius 1 is 1.26 bits per heavy atom. The average molecular weight is 272 g/mol. The van der Waals surface area contributed by atoms with Crippen molar-refractivity contribution in [3.8, 4) is 0 Å². The van der Waals surface area contributed by atoms with Crippen LogP contribution in [0.25, 0.3) is 0 Å². The van der Waals surface area contributed by atoms with E-state index < -0.39 is 23.3 Å². The molecular formula is C14H22F2N2O. The van der Waals surface area contributed by atoms with Gasteiger partial charge in [0.05, 0.1) is 11.6 Å². The van der Waals surface area contributed by atoms with E-state index in [9.17, 15) is 8.78 Å². The van der Waals surface area contributed by atoms with Crippen molar-refractivity contribution in [2.45, 2.75) is 45.3 Å².